The highest BCUT2D eigenvalue weighted by molar-refractivity contribution is 4.85. The zero-order valence-electron chi connectivity index (χ0n) is 11.6. The molecule has 0 aromatic carbocycles. The molecule has 2 atom stereocenters. The van der Waals surface area contributed by atoms with Crippen LogP contribution >= 0.6 is 0 Å². The van der Waals surface area contributed by atoms with Gasteiger partial charge in [0.2, 0.25) is 0 Å². The van der Waals surface area contributed by atoms with Crippen molar-refractivity contribution >= 4 is 0 Å². The number of hydrogen-bond donors (Lipinski definition) is 1. The molecule has 0 spiro atoms. The number of rotatable bonds is 4. The molecule has 0 aromatic heterocycles. The van der Waals surface area contributed by atoms with Crippen LogP contribution < -0.4 is 5.73 Å². The predicted octanol–water partition coefficient (Wildman–Crippen LogP) is 2.87. The quantitative estimate of drug-likeness (QED) is 0.798. The molecule has 2 heteroatoms. The predicted molar refractivity (Wildman–Crippen MR) is 71.5 cm³/mol. The normalized spacial score (nSPS) is 27.4. The summed E-state index contributed by atoms with van der Waals surface area (Å²) in [4.78, 5) is 2.66. The summed E-state index contributed by atoms with van der Waals surface area (Å²) in [5, 5.41) is 0. The summed E-state index contributed by atoms with van der Waals surface area (Å²) in [5.41, 5.74) is 6.32. The minimum atomic E-state index is 0.395. The summed E-state index contributed by atoms with van der Waals surface area (Å²) in [5.74, 6) is 0.732. The van der Waals surface area contributed by atoms with E-state index in [0.717, 1.165) is 18.5 Å². The molecule has 0 heterocycles. The summed E-state index contributed by atoms with van der Waals surface area (Å²) in [6.45, 7) is 12.5. The van der Waals surface area contributed by atoms with Crippen LogP contribution in [0.3, 0.4) is 0 Å². The van der Waals surface area contributed by atoms with Crippen molar-refractivity contribution < 1.29 is 0 Å². The lowest BCUT2D eigenvalue weighted by Gasteiger charge is -2.42. The highest BCUT2D eigenvalue weighted by Crippen LogP contribution is 2.29. The Kier molecular flexibility index (Phi) is 5.26. The fourth-order valence-corrected chi connectivity index (χ4v) is 3.02. The second-order valence-corrected chi connectivity index (χ2v) is 6.47. The first kappa shape index (κ1) is 14.0. The number of nitrogens with two attached hydrogens (primary N) is 1. The molecule has 16 heavy (non-hydrogen) atoms. The Balaban J connectivity index is 2.62. The first-order valence-corrected chi connectivity index (χ1v) is 6.92. The van der Waals surface area contributed by atoms with Crippen LogP contribution in [0.2, 0.25) is 0 Å². The van der Waals surface area contributed by atoms with Gasteiger partial charge in [-0.1, -0.05) is 40.5 Å². The van der Waals surface area contributed by atoms with Gasteiger partial charge in [0.1, 0.15) is 0 Å². The molecule has 0 bridgehead atoms. The van der Waals surface area contributed by atoms with E-state index < -0.39 is 0 Å². The molecule has 2 unspecified atom stereocenters. The van der Waals surface area contributed by atoms with Gasteiger partial charge in [-0.15, -0.1) is 0 Å². The minimum Gasteiger partial charge on any atom is -0.330 e. The average Bonchev–Trinajstić information content (AvgIpc) is 2.24. The fraction of sp³-hybridized carbons (Fsp3) is 1.00. The maximum Gasteiger partial charge on any atom is 0.0136 e. The van der Waals surface area contributed by atoms with Crippen LogP contribution in [0.25, 0.3) is 0 Å². The highest BCUT2D eigenvalue weighted by Gasteiger charge is 2.30. The number of nitrogens with zero attached hydrogens (tertiary/aromatic N) is 1. The van der Waals surface area contributed by atoms with Crippen LogP contribution in [0.1, 0.15) is 53.4 Å². The third kappa shape index (κ3) is 4.06. The van der Waals surface area contributed by atoms with Crippen molar-refractivity contribution in [1.29, 1.82) is 0 Å². The lowest BCUT2D eigenvalue weighted by atomic mass is 9.82. The lowest BCUT2D eigenvalue weighted by Crippen LogP contribution is -2.47. The van der Waals surface area contributed by atoms with Crippen molar-refractivity contribution in [3.05, 3.63) is 0 Å². The molecule has 2 nitrogen and oxygen atoms in total. The molecule has 1 aliphatic carbocycles. The third-order valence-electron chi connectivity index (χ3n) is 3.72. The lowest BCUT2D eigenvalue weighted by molar-refractivity contribution is 0.0793. The molecule has 1 saturated carbocycles. The van der Waals surface area contributed by atoms with E-state index in [0.29, 0.717) is 5.41 Å². The fourth-order valence-electron chi connectivity index (χ4n) is 3.02. The second-order valence-electron chi connectivity index (χ2n) is 6.47. The molecule has 0 aliphatic heterocycles. The average molecular weight is 226 g/mol. The Hall–Kier alpha value is -0.0800. The van der Waals surface area contributed by atoms with Crippen LogP contribution in [0, 0.1) is 11.3 Å². The van der Waals surface area contributed by atoms with Crippen LogP contribution in [0.5, 0.6) is 0 Å². The van der Waals surface area contributed by atoms with Gasteiger partial charge < -0.3 is 5.73 Å². The smallest absolute Gasteiger partial charge is 0.0136 e. The van der Waals surface area contributed by atoms with Gasteiger partial charge in [-0.25, -0.2) is 0 Å². The minimum absolute atomic E-state index is 0.395. The molecule has 0 saturated heterocycles. The Morgan fingerprint density at radius 2 is 1.81 bits per heavy atom. The summed E-state index contributed by atoms with van der Waals surface area (Å²) >= 11 is 0. The van der Waals surface area contributed by atoms with Gasteiger partial charge in [0.05, 0.1) is 0 Å². The Labute approximate surface area is 102 Å². The van der Waals surface area contributed by atoms with Gasteiger partial charge in [0.15, 0.2) is 0 Å². The van der Waals surface area contributed by atoms with Crippen molar-refractivity contribution in [2.24, 2.45) is 17.1 Å². The van der Waals surface area contributed by atoms with E-state index in [4.69, 9.17) is 5.73 Å². The van der Waals surface area contributed by atoms with Gasteiger partial charge in [-0.3, -0.25) is 4.90 Å². The van der Waals surface area contributed by atoms with Crippen molar-refractivity contribution in [3.8, 4) is 0 Å². The van der Waals surface area contributed by atoms with Gasteiger partial charge in [-0.05, 0) is 37.3 Å². The molecule has 0 radical (unpaired) electrons. The largest absolute Gasteiger partial charge is 0.330 e. The van der Waals surface area contributed by atoms with E-state index in [1.165, 1.54) is 38.8 Å². The Morgan fingerprint density at radius 3 is 2.31 bits per heavy atom. The van der Waals surface area contributed by atoms with Crippen LogP contribution in [0.4, 0.5) is 0 Å². The van der Waals surface area contributed by atoms with Crippen LogP contribution in [-0.4, -0.2) is 30.6 Å². The maximum absolute atomic E-state index is 5.92. The van der Waals surface area contributed by atoms with E-state index in [2.05, 4.69) is 32.6 Å². The standard InChI is InChI=1S/C14H30N2/c1-5-16(11-14(2,3)4)13-9-7-6-8-12(13)10-15/h12-13H,5-11,15H2,1-4H3. The van der Waals surface area contributed by atoms with Gasteiger partial charge in [-0.2, -0.15) is 0 Å². The molecule has 1 aliphatic rings. The summed E-state index contributed by atoms with van der Waals surface area (Å²) in [6.07, 6.45) is 5.46. The van der Waals surface area contributed by atoms with Crippen molar-refractivity contribution in [3.63, 3.8) is 0 Å². The molecule has 1 fully saturated rings. The van der Waals surface area contributed by atoms with E-state index in [1.807, 2.05) is 0 Å². The van der Waals surface area contributed by atoms with Gasteiger partial charge >= 0.3 is 0 Å². The molecule has 96 valence electrons. The monoisotopic (exact) mass is 226 g/mol. The molecule has 0 amide bonds. The summed E-state index contributed by atoms with van der Waals surface area (Å²) in [6, 6.07) is 0.739. The molecular weight excluding hydrogens is 196 g/mol. The number of hydrogen-bond acceptors (Lipinski definition) is 2. The van der Waals surface area contributed by atoms with Crippen molar-refractivity contribution in [1.82, 2.24) is 4.90 Å². The van der Waals surface area contributed by atoms with E-state index in [9.17, 15) is 0 Å². The Morgan fingerprint density at radius 1 is 1.19 bits per heavy atom. The molecule has 0 aromatic rings. The van der Waals surface area contributed by atoms with Crippen LogP contribution in [-0.2, 0) is 0 Å². The molecule has 2 N–H and O–H groups in total. The molecular formula is C14H30N2. The third-order valence-corrected chi connectivity index (χ3v) is 3.72. The summed E-state index contributed by atoms with van der Waals surface area (Å²) < 4.78 is 0. The maximum atomic E-state index is 5.92. The van der Waals surface area contributed by atoms with Crippen molar-refractivity contribution in [2.75, 3.05) is 19.6 Å². The van der Waals surface area contributed by atoms with Crippen LogP contribution in [0.15, 0.2) is 0 Å². The summed E-state index contributed by atoms with van der Waals surface area (Å²) in [7, 11) is 0. The van der Waals surface area contributed by atoms with E-state index in [-0.39, 0.29) is 0 Å². The zero-order chi connectivity index (χ0) is 12.2. The topological polar surface area (TPSA) is 29.3 Å². The second kappa shape index (κ2) is 6.02. The first-order valence-electron chi connectivity index (χ1n) is 6.92. The van der Waals surface area contributed by atoms with E-state index in [1.54, 1.807) is 0 Å². The zero-order valence-corrected chi connectivity index (χ0v) is 11.6. The van der Waals surface area contributed by atoms with Crippen molar-refractivity contribution in [2.45, 2.75) is 59.4 Å². The highest BCUT2D eigenvalue weighted by atomic mass is 15.2. The Bertz CT molecular complexity index is 195. The van der Waals surface area contributed by atoms with E-state index >= 15 is 0 Å². The first-order chi connectivity index (χ1) is 7.48. The van der Waals surface area contributed by atoms with Gasteiger partial charge in [0.25, 0.3) is 0 Å². The SMILES string of the molecule is CCN(CC(C)(C)C)C1CCCCC1CN. The van der Waals surface area contributed by atoms with Gasteiger partial charge in [0, 0.05) is 12.6 Å². The molecule has 1 rings (SSSR count).